The monoisotopic (exact) mass is 202 g/mol. The molecule has 0 spiro atoms. The normalized spacial score (nSPS) is 15.3. The molecule has 0 aliphatic heterocycles. The molecule has 0 saturated heterocycles. The number of hydrogen-bond donors (Lipinski definition) is 3. The first kappa shape index (κ1) is 13.4. The Morgan fingerprint density at radius 1 is 1.50 bits per heavy atom. The van der Waals surface area contributed by atoms with E-state index in [1.807, 2.05) is 27.7 Å². The minimum Gasteiger partial charge on any atom is -0.394 e. The van der Waals surface area contributed by atoms with Gasteiger partial charge in [0, 0.05) is 11.6 Å². The first-order valence-electron chi connectivity index (χ1n) is 5.09. The van der Waals surface area contributed by atoms with Crippen molar-refractivity contribution in [3.63, 3.8) is 0 Å². The second kappa shape index (κ2) is 5.98. The third-order valence-corrected chi connectivity index (χ3v) is 2.25. The van der Waals surface area contributed by atoms with Crippen LogP contribution in [0.15, 0.2) is 0 Å². The Labute approximate surface area is 86.1 Å². The smallest absolute Gasteiger partial charge is 0.234 e. The summed E-state index contributed by atoms with van der Waals surface area (Å²) >= 11 is 0. The maximum atomic E-state index is 11.3. The Bertz CT molecular complexity index is 177. The highest BCUT2D eigenvalue weighted by atomic mass is 16.3. The molecule has 4 heteroatoms. The van der Waals surface area contributed by atoms with Crippen LogP contribution in [-0.4, -0.2) is 35.7 Å². The van der Waals surface area contributed by atoms with Crippen molar-refractivity contribution in [2.75, 3.05) is 13.2 Å². The van der Waals surface area contributed by atoms with Crippen LogP contribution >= 0.6 is 0 Å². The maximum Gasteiger partial charge on any atom is 0.234 e. The van der Waals surface area contributed by atoms with Gasteiger partial charge in [-0.05, 0) is 27.2 Å². The summed E-state index contributed by atoms with van der Waals surface area (Å²) in [4.78, 5) is 11.3. The summed E-state index contributed by atoms with van der Waals surface area (Å²) in [6.07, 6.45) is 0.790. The fourth-order valence-corrected chi connectivity index (χ4v) is 0.959. The summed E-state index contributed by atoms with van der Waals surface area (Å²) in [6, 6.07) is 0.159. The minimum absolute atomic E-state index is 0.0341. The van der Waals surface area contributed by atoms with Gasteiger partial charge in [0.15, 0.2) is 0 Å². The lowest BCUT2D eigenvalue weighted by atomic mass is 10.0. The second-order valence-corrected chi connectivity index (χ2v) is 4.15. The molecule has 0 saturated carbocycles. The van der Waals surface area contributed by atoms with Crippen LogP contribution in [0.5, 0.6) is 0 Å². The lowest BCUT2D eigenvalue weighted by Gasteiger charge is -2.27. The Balaban J connectivity index is 3.86. The largest absolute Gasteiger partial charge is 0.394 e. The molecule has 0 aromatic rings. The molecule has 1 atom stereocenters. The zero-order chi connectivity index (χ0) is 11.2. The minimum atomic E-state index is -0.353. The molecule has 1 unspecified atom stereocenters. The Morgan fingerprint density at radius 2 is 2.07 bits per heavy atom. The summed E-state index contributed by atoms with van der Waals surface area (Å²) in [6.45, 7) is 8.01. The summed E-state index contributed by atoms with van der Waals surface area (Å²) in [5.41, 5.74) is -0.353. The van der Waals surface area contributed by atoms with E-state index in [-0.39, 0.29) is 30.6 Å². The number of nitrogens with one attached hydrogen (secondary N) is 2. The number of aliphatic hydroxyl groups is 1. The van der Waals surface area contributed by atoms with Gasteiger partial charge in [-0.15, -0.1) is 0 Å². The number of hydrogen-bond acceptors (Lipinski definition) is 3. The molecule has 3 N–H and O–H groups in total. The molecule has 0 fully saturated rings. The van der Waals surface area contributed by atoms with E-state index in [9.17, 15) is 4.79 Å². The number of rotatable bonds is 6. The molecule has 14 heavy (non-hydrogen) atoms. The lowest BCUT2D eigenvalue weighted by molar-refractivity contribution is -0.121. The van der Waals surface area contributed by atoms with Crippen LogP contribution in [0.4, 0.5) is 0 Å². The molecule has 0 radical (unpaired) electrons. The summed E-state index contributed by atoms with van der Waals surface area (Å²) in [5, 5.41) is 14.9. The molecule has 0 aromatic heterocycles. The Hall–Kier alpha value is -0.610. The molecular weight excluding hydrogens is 180 g/mol. The standard InChI is InChI=1S/C10H22N2O2/c1-5-10(4,7-13)11-6-9(14)12-8(2)3/h8,11,13H,5-7H2,1-4H3,(H,12,14). The predicted molar refractivity (Wildman–Crippen MR) is 57.1 cm³/mol. The van der Waals surface area contributed by atoms with Crippen LogP contribution in [-0.2, 0) is 4.79 Å². The van der Waals surface area contributed by atoms with Gasteiger partial charge in [-0.1, -0.05) is 6.92 Å². The molecule has 0 aliphatic rings. The first-order chi connectivity index (χ1) is 6.43. The van der Waals surface area contributed by atoms with Gasteiger partial charge in [0.2, 0.25) is 5.91 Å². The van der Waals surface area contributed by atoms with Crippen molar-refractivity contribution in [2.45, 2.75) is 45.7 Å². The summed E-state index contributed by atoms with van der Waals surface area (Å²) < 4.78 is 0. The van der Waals surface area contributed by atoms with E-state index in [1.54, 1.807) is 0 Å². The van der Waals surface area contributed by atoms with Gasteiger partial charge in [-0.3, -0.25) is 4.79 Å². The molecular formula is C10H22N2O2. The van der Waals surface area contributed by atoms with Crippen molar-refractivity contribution in [2.24, 2.45) is 0 Å². The molecule has 0 heterocycles. The predicted octanol–water partition coefficient (Wildman–Crippen LogP) is 0.262. The summed E-state index contributed by atoms with van der Waals surface area (Å²) in [7, 11) is 0. The third-order valence-electron chi connectivity index (χ3n) is 2.25. The zero-order valence-corrected chi connectivity index (χ0v) is 9.55. The fourth-order valence-electron chi connectivity index (χ4n) is 0.959. The molecule has 0 bridgehead atoms. The highest BCUT2D eigenvalue weighted by Crippen LogP contribution is 2.06. The number of carbonyl (C=O) groups is 1. The Morgan fingerprint density at radius 3 is 2.43 bits per heavy atom. The van der Waals surface area contributed by atoms with Gasteiger partial charge >= 0.3 is 0 Å². The van der Waals surface area contributed by atoms with Crippen molar-refractivity contribution in [3.05, 3.63) is 0 Å². The first-order valence-corrected chi connectivity index (χ1v) is 5.09. The zero-order valence-electron chi connectivity index (χ0n) is 9.55. The van der Waals surface area contributed by atoms with E-state index >= 15 is 0 Å². The fraction of sp³-hybridized carbons (Fsp3) is 0.900. The van der Waals surface area contributed by atoms with Gasteiger partial charge in [0.1, 0.15) is 0 Å². The number of carbonyl (C=O) groups excluding carboxylic acids is 1. The van der Waals surface area contributed by atoms with Crippen molar-refractivity contribution >= 4 is 5.91 Å². The average Bonchev–Trinajstić information content (AvgIpc) is 2.13. The van der Waals surface area contributed by atoms with E-state index in [2.05, 4.69) is 10.6 Å². The molecule has 0 rings (SSSR count). The van der Waals surface area contributed by atoms with Crippen molar-refractivity contribution in [1.29, 1.82) is 0 Å². The third kappa shape index (κ3) is 5.19. The number of aliphatic hydroxyl groups excluding tert-OH is 1. The van der Waals surface area contributed by atoms with Gasteiger partial charge in [0.25, 0.3) is 0 Å². The average molecular weight is 202 g/mol. The Kier molecular flexibility index (Phi) is 5.72. The van der Waals surface area contributed by atoms with Gasteiger partial charge < -0.3 is 15.7 Å². The van der Waals surface area contributed by atoms with E-state index < -0.39 is 0 Å². The van der Waals surface area contributed by atoms with Crippen LogP contribution in [0.25, 0.3) is 0 Å². The van der Waals surface area contributed by atoms with Crippen LogP contribution in [0.1, 0.15) is 34.1 Å². The molecule has 4 nitrogen and oxygen atoms in total. The maximum absolute atomic E-state index is 11.3. The van der Waals surface area contributed by atoms with Gasteiger partial charge in [-0.2, -0.15) is 0 Å². The van der Waals surface area contributed by atoms with E-state index in [0.717, 1.165) is 6.42 Å². The molecule has 0 aromatic carbocycles. The molecule has 84 valence electrons. The van der Waals surface area contributed by atoms with Crippen molar-refractivity contribution in [1.82, 2.24) is 10.6 Å². The van der Waals surface area contributed by atoms with Crippen LogP contribution in [0, 0.1) is 0 Å². The van der Waals surface area contributed by atoms with E-state index in [0.29, 0.717) is 0 Å². The highest BCUT2D eigenvalue weighted by molar-refractivity contribution is 5.78. The number of amides is 1. The molecule has 0 aliphatic carbocycles. The van der Waals surface area contributed by atoms with Crippen molar-refractivity contribution < 1.29 is 9.90 Å². The molecule has 1 amide bonds. The van der Waals surface area contributed by atoms with E-state index in [1.165, 1.54) is 0 Å². The quantitative estimate of drug-likeness (QED) is 0.579. The highest BCUT2D eigenvalue weighted by Gasteiger charge is 2.20. The van der Waals surface area contributed by atoms with Gasteiger partial charge in [-0.25, -0.2) is 0 Å². The van der Waals surface area contributed by atoms with Crippen LogP contribution < -0.4 is 10.6 Å². The lowest BCUT2D eigenvalue weighted by Crippen LogP contribution is -2.50. The van der Waals surface area contributed by atoms with E-state index in [4.69, 9.17) is 5.11 Å². The van der Waals surface area contributed by atoms with Gasteiger partial charge in [0.05, 0.1) is 13.2 Å². The van der Waals surface area contributed by atoms with Crippen LogP contribution in [0.3, 0.4) is 0 Å². The summed E-state index contributed by atoms with van der Waals surface area (Å²) in [5.74, 6) is -0.0341. The second-order valence-electron chi connectivity index (χ2n) is 4.15. The van der Waals surface area contributed by atoms with Crippen LogP contribution in [0.2, 0.25) is 0 Å². The SMILES string of the molecule is CCC(C)(CO)NCC(=O)NC(C)C. The topological polar surface area (TPSA) is 61.4 Å². The van der Waals surface area contributed by atoms with Crippen molar-refractivity contribution in [3.8, 4) is 0 Å².